The number of fused-ring (bicyclic) bond motifs is 1. The first kappa shape index (κ1) is 27.0. The molecular weight excluding hydrogens is 478 g/mol. The molecule has 0 saturated carbocycles. The van der Waals surface area contributed by atoms with Crippen molar-refractivity contribution >= 4 is 29.2 Å². The van der Waals surface area contributed by atoms with Crippen molar-refractivity contribution in [3.05, 3.63) is 107 Å². The topological polar surface area (TPSA) is 46.1 Å². The van der Waals surface area contributed by atoms with Crippen LogP contribution in [0.4, 0.5) is 0 Å². The van der Waals surface area contributed by atoms with Crippen LogP contribution in [0, 0.1) is 12.8 Å². The van der Waals surface area contributed by atoms with Gasteiger partial charge in [0, 0.05) is 42.5 Å². The molecule has 0 radical (unpaired) electrons. The highest BCUT2D eigenvalue weighted by atomic mass is 35.5. The number of amides is 1. The van der Waals surface area contributed by atoms with Crippen molar-refractivity contribution in [2.45, 2.75) is 45.1 Å². The molecule has 5 heteroatoms. The molecule has 0 spiro atoms. The molecule has 3 aromatic carbocycles. The third-order valence-electron chi connectivity index (χ3n) is 7.56. The third kappa shape index (κ3) is 6.82. The molecule has 1 aliphatic rings. The lowest BCUT2D eigenvalue weighted by molar-refractivity contribution is -0.121. The van der Waals surface area contributed by atoms with Crippen molar-refractivity contribution in [1.29, 1.82) is 0 Å². The number of para-hydroxylation sites is 1. The number of carbonyl (C=O) groups excluding carboxylic acids is 1. The monoisotopic (exact) mass is 515 g/mol. The average molecular weight is 516 g/mol. The van der Waals surface area contributed by atoms with Crippen LogP contribution in [0.1, 0.15) is 53.9 Å². The number of aromatic nitrogens is 1. The predicted octanol–water partition coefficient (Wildman–Crippen LogP) is 6.45. The molecule has 5 rings (SSSR count). The maximum absolute atomic E-state index is 13.2. The first-order chi connectivity index (χ1) is 17.7. The zero-order chi connectivity index (χ0) is 24.7. The van der Waals surface area contributed by atoms with Crippen molar-refractivity contribution in [3.8, 4) is 0 Å². The molecule has 1 saturated heterocycles. The van der Waals surface area contributed by atoms with Gasteiger partial charge in [0.05, 0.1) is 0 Å². The molecule has 1 aromatic heterocycles. The first-order valence-electron chi connectivity index (χ1n) is 13.3. The zero-order valence-electron chi connectivity index (χ0n) is 21.7. The van der Waals surface area contributed by atoms with Gasteiger partial charge in [-0.05, 0) is 68.0 Å². The third-order valence-corrected chi connectivity index (χ3v) is 7.56. The molecule has 4 aromatic rings. The maximum Gasteiger partial charge on any atom is 0.220 e. The zero-order valence-corrected chi connectivity index (χ0v) is 22.5. The van der Waals surface area contributed by atoms with Crippen molar-refractivity contribution in [2.75, 3.05) is 19.6 Å². The number of carbonyl (C=O) groups is 1. The summed E-state index contributed by atoms with van der Waals surface area (Å²) in [6, 6.07) is 27.8. The number of hydrogen-bond donors (Lipinski definition) is 2. The van der Waals surface area contributed by atoms with Gasteiger partial charge in [-0.1, -0.05) is 78.4 Å². The summed E-state index contributed by atoms with van der Waals surface area (Å²) in [7, 11) is 0. The number of piperidine rings is 1. The molecule has 1 aliphatic heterocycles. The van der Waals surface area contributed by atoms with E-state index < -0.39 is 0 Å². The van der Waals surface area contributed by atoms with Gasteiger partial charge in [-0.3, -0.25) is 4.79 Å². The highest BCUT2D eigenvalue weighted by Gasteiger charge is 2.23. The quantitative estimate of drug-likeness (QED) is 0.269. The largest absolute Gasteiger partial charge is 0.356 e. The van der Waals surface area contributed by atoms with E-state index in [1.54, 1.807) is 0 Å². The Hall–Kier alpha value is -3.08. The van der Waals surface area contributed by atoms with Crippen LogP contribution in [0.2, 0.25) is 0 Å². The van der Waals surface area contributed by atoms with E-state index in [9.17, 15) is 4.79 Å². The molecule has 1 unspecified atom stereocenters. The number of aryl methyl sites for hydroxylation is 1. The minimum absolute atomic E-state index is 0. The van der Waals surface area contributed by atoms with Gasteiger partial charge < -0.3 is 15.2 Å². The molecule has 37 heavy (non-hydrogen) atoms. The molecule has 0 bridgehead atoms. The van der Waals surface area contributed by atoms with Crippen LogP contribution in [0.15, 0.2) is 85.1 Å². The normalized spacial score (nSPS) is 14.7. The lowest BCUT2D eigenvalue weighted by Gasteiger charge is -2.23. The van der Waals surface area contributed by atoms with Crippen molar-refractivity contribution < 1.29 is 4.79 Å². The van der Waals surface area contributed by atoms with E-state index in [1.165, 1.54) is 46.0 Å². The summed E-state index contributed by atoms with van der Waals surface area (Å²) >= 11 is 0. The molecule has 1 fully saturated rings. The van der Waals surface area contributed by atoms with Crippen molar-refractivity contribution in [3.63, 3.8) is 0 Å². The lowest BCUT2D eigenvalue weighted by Crippen LogP contribution is -2.31. The Kier molecular flexibility index (Phi) is 9.43. The van der Waals surface area contributed by atoms with Gasteiger partial charge in [-0.25, -0.2) is 0 Å². The van der Waals surface area contributed by atoms with Gasteiger partial charge in [-0.2, -0.15) is 0 Å². The molecule has 2 N–H and O–H groups in total. The van der Waals surface area contributed by atoms with Crippen LogP contribution in [0.5, 0.6) is 0 Å². The molecule has 1 amide bonds. The second-order valence-corrected chi connectivity index (χ2v) is 10.2. The fourth-order valence-electron chi connectivity index (χ4n) is 5.60. The summed E-state index contributed by atoms with van der Waals surface area (Å²) in [5.74, 6) is 0.858. The van der Waals surface area contributed by atoms with E-state index in [-0.39, 0.29) is 24.2 Å². The Morgan fingerprint density at radius 2 is 1.76 bits per heavy atom. The second-order valence-electron chi connectivity index (χ2n) is 10.2. The fourth-order valence-corrected chi connectivity index (χ4v) is 5.60. The number of rotatable bonds is 9. The van der Waals surface area contributed by atoms with Crippen LogP contribution in [-0.4, -0.2) is 30.1 Å². The highest BCUT2D eigenvalue weighted by Crippen LogP contribution is 2.35. The summed E-state index contributed by atoms with van der Waals surface area (Å²) < 4.78 is 2.33. The number of benzene rings is 3. The van der Waals surface area contributed by atoms with Gasteiger partial charge in [-0.15, -0.1) is 12.4 Å². The van der Waals surface area contributed by atoms with E-state index in [0.29, 0.717) is 6.42 Å². The molecular formula is C32H38ClN3O. The average Bonchev–Trinajstić information content (AvgIpc) is 3.26. The van der Waals surface area contributed by atoms with Crippen LogP contribution in [-0.2, 0) is 11.3 Å². The molecule has 0 aliphatic carbocycles. The Morgan fingerprint density at radius 1 is 1.00 bits per heavy atom. The lowest BCUT2D eigenvalue weighted by atomic mass is 9.87. The molecule has 4 nitrogen and oxygen atoms in total. The molecule has 2 heterocycles. The highest BCUT2D eigenvalue weighted by molar-refractivity contribution is 5.87. The van der Waals surface area contributed by atoms with Crippen LogP contribution in [0.3, 0.4) is 0 Å². The summed E-state index contributed by atoms with van der Waals surface area (Å²) in [5.41, 5.74) is 6.12. The Balaban J connectivity index is 0.00000320. The predicted molar refractivity (Wildman–Crippen MR) is 156 cm³/mol. The number of halogens is 1. The molecule has 1 atom stereocenters. The summed E-state index contributed by atoms with van der Waals surface area (Å²) in [4.78, 5) is 13.2. The summed E-state index contributed by atoms with van der Waals surface area (Å²) in [6.45, 7) is 5.89. The van der Waals surface area contributed by atoms with E-state index >= 15 is 0 Å². The Labute approximate surface area is 226 Å². The van der Waals surface area contributed by atoms with Crippen molar-refractivity contribution in [1.82, 2.24) is 15.2 Å². The van der Waals surface area contributed by atoms with Crippen molar-refractivity contribution in [2.24, 2.45) is 5.92 Å². The van der Waals surface area contributed by atoms with Gasteiger partial charge in [0.1, 0.15) is 0 Å². The van der Waals surface area contributed by atoms with Gasteiger partial charge in [0.2, 0.25) is 5.91 Å². The molecule has 194 valence electrons. The standard InChI is InChI=1S/C32H37N3O.ClH/c1-24-8-7-11-27(20-24)29(21-32(36)34-19-16-25-14-17-33-18-15-25)30-23-35(22-26-9-3-2-4-10-26)31-13-6-5-12-28(30)31;/h2-13,20,23,25,29,33H,14-19,21-22H2,1H3,(H,34,36);1H. The fraction of sp³-hybridized carbons (Fsp3) is 0.344. The smallest absolute Gasteiger partial charge is 0.220 e. The minimum atomic E-state index is 0. The van der Waals surface area contributed by atoms with Crippen LogP contribution >= 0.6 is 12.4 Å². The van der Waals surface area contributed by atoms with Gasteiger partial charge in [0.15, 0.2) is 0 Å². The maximum atomic E-state index is 13.2. The van der Waals surface area contributed by atoms with E-state index in [4.69, 9.17) is 0 Å². The van der Waals surface area contributed by atoms with E-state index in [1.807, 2.05) is 0 Å². The number of nitrogens with zero attached hydrogens (tertiary/aromatic N) is 1. The summed E-state index contributed by atoms with van der Waals surface area (Å²) in [5, 5.41) is 7.89. The minimum Gasteiger partial charge on any atom is -0.356 e. The second kappa shape index (κ2) is 12.9. The van der Waals surface area contributed by atoms with Gasteiger partial charge >= 0.3 is 0 Å². The van der Waals surface area contributed by atoms with E-state index in [2.05, 4.69) is 107 Å². The van der Waals surface area contributed by atoms with Gasteiger partial charge in [0.25, 0.3) is 0 Å². The number of nitrogens with one attached hydrogen (secondary N) is 2. The number of hydrogen-bond acceptors (Lipinski definition) is 2. The SMILES string of the molecule is Cc1cccc(C(CC(=O)NCCC2CCNCC2)c2cn(Cc3ccccc3)c3ccccc23)c1.Cl. The summed E-state index contributed by atoms with van der Waals surface area (Å²) in [6.07, 6.45) is 6.21. The first-order valence-corrected chi connectivity index (χ1v) is 13.3. The van der Waals surface area contributed by atoms with E-state index in [0.717, 1.165) is 38.5 Å². The Morgan fingerprint density at radius 3 is 2.54 bits per heavy atom. The van der Waals surface area contributed by atoms with Crippen LogP contribution < -0.4 is 10.6 Å². The Bertz CT molecular complexity index is 1290. The van der Waals surface area contributed by atoms with Crippen LogP contribution in [0.25, 0.3) is 10.9 Å².